The molecule has 3 aliphatic rings. The van der Waals surface area contributed by atoms with E-state index in [0.717, 1.165) is 37.7 Å². The summed E-state index contributed by atoms with van der Waals surface area (Å²) in [5, 5.41) is 0. The van der Waals surface area contributed by atoms with Crippen LogP contribution in [0, 0.1) is 17.3 Å². The fourth-order valence-corrected chi connectivity index (χ4v) is 6.00. The van der Waals surface area contributed by atoms with Gasteiger partial charge < -0.3 is 9.47 Å². The van der Waals surface area contributed by atoms with Crippen molar-refractivity contribution in [1.82, 2.24) is 0 Å². The summed E-state index contributed by atoms with van der Waals surface area (Å²) in [7, 11) is 0. The first-order valence-corrected chi connectivity index (χ1v) is 9.97. The Bertz CT molecular complexity index is 811. The maximum absolute atomic E-state index is 11.5. The molecular formula is C23H28O4. The Morgan fingerprint density at radius 2 is 1.96 bits per heavy atom. The van der Waals surface area contributed by atoms with Crippen molar-refractivity contribution in [3.63, 3.8) is 0 Å². The number of carbonyl (C=O) groups excluding carboxylic acids is 2. The number of rotatable bonds is 2. The number of hydrogen-bond donors (Lipinski definition) is 0. The number of carbonyl (C=O) groups is 2. The van der Waals surface area contributed by atoms with Crippen molar-refractivity contribution in [2.75, 3.05) is 0 Å². The minimum atomic E-state index is -0.280. The molecule has 4 nitrogen and oxygen atoms in total. The molecule has 0 radical (unpaired) electrons. The maximum atomic E-state index is 11.5. The van der Waals surface area contributed by atoms with Crippen molar-refractivity contribution >= 4 is 11.9 Å². The Hall–Kier alpha value is -2.10. The van der Waals surface area contributed by atoms with E-state index in [9.17, 15) is 9.59 Å². The van der Waals surface area contributed by atoms with E-state index >= 15 is 0 Å². The number of esters is 2. The van der Waals surface area contributed by atoms with Crippen molar-refractivity contribution in [3.8, 4) is 5.75 Å². The standard InChI is InChI=1S/C23H28O4/c1-13-22(27-15(3)25)12-21-20-7-5-16-11-17(26-14(2)24)6-8-18(16)19(20)9-10-23(13,21)4/h6,8,11,19-22H,1,5,7,9-10,12H2,2-4H3/t19-,20-,21+,22-,23-/m1/s1. The quantitative estimate of drug-likeness (QED) is 0.436. The van der Waals surface area contributed by atoms with Crippen LogP contribution in [0.3, 0.4) is 0 Å². The molecule has 0 amide bonds. The van der Waals surface area contributed by atoms with E-state index in [1.807, 2.05) is 12.1 Å². The second kappa shape index (κ2) is 6.50. The monoisotopic (exact) mass is 368 g/mol. The zero-order valence-electron chi connectivity index (χ0n) is 16.4. The molecule has 1 aromatic rings. The van der Waals surface area contributed by atoms with Crippen LogP contribution in [-0.2, 0) is 20.7 Å². The Labute approximate surface area is 160 Å². The van der Waals surface area contributed by atoms with Crippen LogP contribution >= 0.6 is 0 Å². The number of benzene rings is 1. The molecule has 5 atom stereocenters. The molecule has 3 aliphatic carbocycles. The van der Waals surface area contributed by atoms with Gasteiger partial charge in [0.1, 0.15) is 11.9 Å². The molecule has 4 rings (SSSR count). The lowest BCUT2D eigenvalue weighted by molar-refractivity contribution is -0.144. The maximum Gasteiger partial charge on any atom is 0.308 e. The van der Waals surface area contributed by atoms with Crippen molar-refractivity contribution in [2.24, 2.45) is 17.3 Å². The first-order chi connectivity index (χ1) is 12.8. The molecule has 144 valence electrons. The minimum Gasteiger partial charge on any atom is -0.458 e. The molecule has 2 fully saturated rings. The van der Waals surface area contributed by atoms with Gasteiger partial charge in [-0.05, 0) is 84.1 Å². The highest BCUT2D eigenvalue weighted by Gasteiger charge is 2.56. The van der Waals surface area contributed by atoms with E-state index in [2.05, 4.69) is 19.6 Å². The molecule has 0 bridgehead atoms. The molecular weight excluding hydrogens is 340 g/mol. The molecule has 0 heterocycles. The topological polar surface area (TPSA) is 52.6 Å². The van der Waals surface area contributed by atoms with Gasteiger partial charge in [0.15, 0.2) is 0 Å². The van der Waals surface area contributed by atoms with Gasteiger partial charge in [-0.2, -0.15) is 0 Å². The average molecular weight is 368 g/mol. The van der Waals surface area contributed by atoms with Gasteiger partial charge in [0.25, 0.3) is 0 Å². The number of aryl methyl sites for hydroxylation is 1. The van der Waals surface area contributed by atoms with Gasteiger partial charge in [0, 0.05) is 13.8 Å². The summed E-state index contributed by atoms with van der Waals surface area (Å²) in [6.07, 6.45) is 5.11. The van der Waals surface area contributed by atoms with Crippen LogP contribution in [0.1, 0.15) is 63.5 Å². The van der Waals surface area contributed by atoms with Crippen molar-refractivity contribution in [2.45, 2.75) is 64.9 Å². The molecule has 0 N–H and O–H groups in total. The number of hydrogen-bond acceptors (Lipinski definition) is 4. The fourth-order valence-electron chi connectivity index (χ4n) is 6.00. The highest BCUT2D eigenvalue weighted by Crippen LogP contribution is 2.63. The second-order valence-corrected chi connectivity index (χ2v) is 8.68. The Kier molecular flexibility index (Phi) is 4.40. The third kappa shape index (κ3) is 2.99. The Morgan fingerprint density at radius 1 is 1.19 bits per heavy atom. The largest absolute Gasteiger partial charge is 0.458 e. The third-order valence-electron chi connectivity index (χ3n) is 7.25. The van der Waals surface area contributed by atoms with Crippen molar-refractivity contribution < 1.29 is 19.1 Å². The lowest BCUT2D eigenvalue weighted by Crippen LogP contribution is -2.40. The number of ether oxygens (including phenoxy) is 2. The van der Waals surface area contributed by atoms with E-state index in [1.165, 1.54) is 25.0 Å². The van der Waals surface area contributed by atoms with E-state index in [1.54, 1.807) is 0 Å². The van der Waals surface area contributed by atoms with Crippen LogP contribution in [0.5, 0.6) is 5.75 Å². The molecule has 4 heteroatoms. The van der Waals surface area contributed by atoms with Gasteiger partial charge in [-0.3, -0.25) is 9.59 Å². The molecule has 0 spiro atoms. The summed E-state index contributed by atoms with van der Waals surface area (Å²) in [5.74, 6) is 1.78. The van der Waals surface area contributed by atoms with E-state index in [-0.39, 0.29) is 23.5 Å². The first kappa shape index (κ1) is 18.3. The lowest BCUT2D eigenvalue weighted by atomic mass is 9.55. The molecule has 27 heavy (non-hydrogen) atoms. The average Bonchev–Trinajstić information content (AvgIpc) is 2.85. The summed E-state index contributed by atoms with van der Waals surface area (Å²) in [5.41, 5.74) is 3.89. The Balaban J connectivity index is 1.61. The van der Waals surface area contributed by atoms with Crippen molar-refractivity contribution in [1.29, 1.82) is 0 Å². The third-order valence-corrected chi connectivity index (χ3v) is 7.25. The van der Waals surface area contributed by atoms with E-state index in [0.29, 0.717) is 23.5 Å². The van der Waals surface area contributed by atoms with Gasteiger partial charge in [-0.15, -0.1) is 0 Å². The summed E-state index contributed by atoms with van der Waals surface area (Å²) in [6.45, 7) is 9.58. The SMILES string of the molecule is C=C1[C@H](OC(C)=O)C[C@H]2[C@@H]3CCc4cc(OC(C)=O)ccc4[C@H]3CC[C@]12C. The van der Waals surface area contributed by atoms with Crippen LogP contribution in [-0.4, -0.2) is 18.0 Å². The first-order valence-electron chi connectivity index (χ1n) is 9.97. The molecule has 0 saturated heterocycles. The second-order valence-electron chi connectivity index (χ2n) is 8.68. The van der Waals surface area contributed by atoms with Gasteiger partial charge in [0.05, 0.1) is 0 Å². The van der Waals surface area contributed by atoms with Crippen LogP contribution < -0.4 is 4.74 Å². The molecule has 0 unspecified atom stereocenters. The molecule has 1 aromatic carbocycles. The summed E-state index contributed by atoms with van der Waals surface area (Å²) in [4.78, 5) is 22.8. The van der Waals surface area contributed by atoms with Gasteiger partial charge >= 0.3 is 11.9 Å². The summed E-state index contributed by atoms with van der Waals surface area (Å²) in [6, 6.07) is 6.11. The van der Waals surface area contributed by atoms with Gasteiger partial charge in [-0.25, -0.2) is 0 Å². The van der Waals surface area contributed by atoms with Gasteiger partial charge in [-0.1, -0.05) is 19.6 Å². The van der Waals surface area contributed by atoms with E-state index < -0.39 is 0 Å². The molecule has 2 saturated carbocycles. The van der Waals surface area contributed by atoms with Crippen LogP contribution in [0.2, 0.25) is 0 Å². The predicted octanol–water partition coefficient (Wildman–Crippen LogP) is 4.57. The zero-order chi connectivity index (χ0) is 19.3. The zero-order valence-corrected chi connectivity index (χ0v) is 16.4. The smallest absolute Gasteiger partial charge is 0.308 e. The highest BCUT2D eigenvalue weighted by molar-refractivity contribution is 5.69. The normalized spacial score (nSPS) is 34.3. The highest BCUT2D eigenvalue weighted by atomic mass is 16.5. The minimum absolute atomic E-state index is 0.0659. The fraction of sp³-hybridized carbons (Fsp3) is 0.565. The molecule has 0 aromatic heterocycles. The van der Waals surface area contributed by atoms with Crippen LogP contribution in [0.15, 0.2) is 30.4 Å². The Morgan fingerprint density at radius 3 is 2.67 bits per heavy atom. The van der Waals surface area contributed by atoms with Crippen LogP contribution in [0.4, 0.5) is 0 Å². The van der Waals surface area contributed by atoms with Gasteiger partial charge in [0.2, 0.25) is 0 Å². The summed E-state index contributed by atoms with van der Waals surface area (Å²) >= 11 is 0. The summed E-state index contributed by atoms with van der Waals surface area (Å²) < 4.78 is 10.9. The molecule has 0 aliphatic heterocycles. The van der Waals surface area contributed by atoms with E-state index in [4.69, 9.17) is 9.47 Å². The van der Waals surface area contributed by atoms with Crippen LogP contribution in [0.25, 0.3) is 0 Å². The lowest BCUT2D eigenvalue weighted by Gasteiger charge is -2.49. The van der Waals surface area contributed by atoms with Crippen molar-refractivity contribution in [3.05, 3.63) is 41.5 Å². The predicted molar refractivity (Wildman–Crippen MR) is 102 cm³/mol. The number of fused-ring (bicyclic) bond motifs is 5.